The summed E-state index contributed by atoms with van der Waals surface area (Å²) in [7, 11) is 1.60. The molecular weight excluding hydrogens is 212 g/mol. The van der Waals surface area contributed by atoms with Crippen LogP contribution in [0.1, 0.15) is 30.4 Å². The molecule has 0 radical (unpaired) electrons. The van der Waals surface area contributed by atoms with Crippen molar-refractivity contribution in [1.82, 2.24) is 0 Å². The molecule has 0 heterocycles. The molecule has 3 heteroatoms. The van der Waals surface area contributed by atoms with Crippen LogP contribution in [0.5, 0.6) is 5.75 Å². The van der Waals surface area contributed by atoms with Crippen LogP contribution >= 0.6 is 11.6 Å². The van der Waals surface area contributed by atoms with Crippen LogP contribution < -0.4 is 4.74 Å². The van der Waals surface area contributed by atoms with Gasteiger partial charge in [0.05, 0.1) is 17.7 Å². The molecule has 0 unspecified atom stereocenters. The molecule has 0 aliphatic heterocycles. The second-order valence-corrected chi connectivity index (χ2v) is 4.55. The lowest BCUT2D eigenvalue weighted by molar-refractivity contribution is -0.0394. The van der Waals surface area contributed by atoms with Gasteiger partial charge in [0.1, 0.15) is 5.75 Å². The lowest BCUT2D eigenvalue weighted by Gasteiger charge is -2.38. The fourth-order valence-corrected chi connectivity index (χ4v) is 2.48. The third kappa shape index (κ3) is 1.62. The highest BCUT2D eigenvalue weighted by atomic mass is 35.5. The quantitative estimate of drug-likeness (QED) is 0.840. The normalized spacial score (nSPS) is 18.4. The first-order valence-corrected chi connectivity index (χ1v) is 5.52. The van der Waals surface area contributed by atoms with E-state index < -0.39 is 5.60 Å². The third-order valence-electron chi connectivity index (χ3n) is 3.24. The number of ether oxygens (including phenoxy) is 1. The summed E-state index contributed by atoms with van der Waals surface area (Å²) < 4.78 is 5.24. The van der Waals surface area contributed by atoms with Crippen molar-refractivity contribution in [2.45, 2.75) is 31.8 Å². The molecule has 0 atom stereocenters. The molecule has 82 valence electrons. The van der Waals surface area contributed by atoms with E-state index in [1.165, 1.54) is 0 Å². The summed E-state index contributed by atoms with van der Waals surface area (Å²) in [5, 5.41) is 10.9. The zero-order valence-corrected chi connectivity index (χ0v) is 9.77. The molecular formula is C12H15ClO2. The van der Waals surface area contributed by atoms with Gasteiger partial charge in [-0.15, -0.1) is 0 Å². The topological polar surface area (TPSA) is 29.5 Å². The smallest absolute Gasteiger partial charge is 0.140 e. The van der Waals surface area contributed by atoms with Crippen LogP contribution in [0, 0.1) is 6.92 Å². The molecule has 0 aromatic heterocycles. The van der Waals surface area contributed by atoms with Crippen molar-refractivity contribution in [3.05, 3.63) is 28.3 Å². The molecule has 0 saturated heterocycles. The third-order valence-corrected chi connectivity index (χ3v) is 3.54. The first-order chi connectivity index (χ1) is 7.08. The summed E-state index contributed by atoms with van der Waals surface area (Å²) in [5.74, 6) is 0.675. The van der Waals surface area contributed by atoms with E-state index in [1.807, 2.05) is 13.0 Å². The minimum Gasteiger partial charge on any atom is -0.495 e. The summed E-state index contributed by atoms with van der Waals surface area (Å²) in [4.78, 5) is 0. The van der Waals surface area contributed by atoms with Crippen LogP contribution in [-0.2, 0) is 5.60 Å². The minimum absolute atomic E-state index is 0.599. The second-order valence-electron chi connectivity index (χ2n) is 4.14. The van der Waals surface area contributed by atoms with Gasteiger partial charge in [-0.3, -0.25) is 0 Å². The van der Waals surface area contributed by atoms with E-state index >= 15 is 0 Å². The van der Waals surface area contributed by atoms with Gasteiger partial charge in [-0.2, -0.15) is 0 Å². The molecule has 1 aliphatic carbocycles. The van der Waals surface area contributed by atoms with Crippen molar-refractivity contribution in [2.75, 3.05) is 7.11 Å². The maximum atomic E-state index is 10.3. The highest BCUT2D eigenvalue weighted by Gasteiger charge is 2.38. The first kappa shape index (κ1) is 10.8. The Morgan fingerprint density at radius 2 is 2.07 bits per heavy atom. The fraction of sp³-hybridized carbons (Fsp3) is 0.500. The van der Waals surface area contributed by atoms with Gasteiger partial charge in [-0.05, 0) is 43.4 Å². The zero-order valence-electron chi connectivity index (χ0n) is 9.01. The molecule has 1 aromatic carbocycles. The van der Waals surface area contributed by atoms with Crippen LogP contribution in [0.25, 0.3) is 0 Å². The number of rotatable bonds is 2. The monoisotopic (exact) mass is 226 g/mol. The fourth-order valence-electron chi connectivity index (χ4n) is 2.19. The highest BCUT2D eigenvalue weighted by molar-refractivity contribution is 6.32. The van der Waals surface area contributed by atoms with E-state index in [0.717, 1.165) is 30.4 Å². The number of methoxy groups -OCH3 is 1. The predicted molar refractivity (Wildman–Crippen MR) is 60.5 cm³/mol. The van der Waals surface area contributed by atoms with Crippen molar-refractivity contribution < 1.29 is 9.84 Å². The Labute approximate surface area is 94.8 Å². The second kappa shape index (κ2) is 3.69. The van der Waals surface area contributed by atoms with Gasteiger partial charge < -0.3 is 9.84 Å². The maximum Gasteiger partial charge on any atom is 0.140 e. The zero-order chi connectivity index (χ0) is 11.1. The van der Waals surface area contributed by atoms with Crippen molar-refractivity contribution in [3.8, 4) is 5.75 Å². The van der Waals surface area contributed by atoms with Gasteiger partial charge in [0, 0.05) is 0 Å². The van der Waals surface area contributed by atoms with Crippen molar-refractivity contribution in [2.24, 2.45) is 0 Å². The summed E-state index contributed by atoms with van der Waals surface area (Å²) in [6.45, 7) is 1.94. The Balaban J connectivity index is 2.49. The van der Waals surface area contributed by atoms with Crippen molar-refractivity contribution >= 4 is 11.6 Å². The molecule has 1 aromatic rings. The van der Waals surface area contributed by atoms with E-state index in [1.54, 1.807) is 13.2 Å². The molecule has 2 nitrogen and oxygen atoms in total. The standard InChI is InChI=1S/C12H15ClO2/c1-8-9(12(14)6-3-7-12)4-5-10(13)11(8)15-2/h4-5,14H,3,6-7H2,1-2H3. The summed E-state index contributed by atoms with van der Waals surface area (Å²) in [6, 6.07) is 3.69. The number of hydrogen-bond donors (Lipinski definition) is 1. The number of halogens is 1. The van der Waals surface area contributed by atoms with Crippen molar-refractivity contribution in [1.29, 1.82) is 0 Å². The van der Waals surface area contributed by atoms with E-state index in [9.17, 15) is 5.11 Å². The number of aliphatic hydroxyl groups is 1. The SMILES string of the molecule is COc1c(Cl)ccc(C2(O)CCC2)c1C. The van der Waals surface area contributed by atoms with Crippen LogP contribution in [0.3, 0.4) is 0 Å². The molecule has 0 bridgehead atoms. The first-order valence-electron chi connectivity index (χ1n) is 5.14. The summed E-state index contributed by atoms with van der Waals surface area (Å²) in [5.41, 5.74) is 1.25. The maximum absolute atomic E-state index is 10.3. The lowest BCUT2D eigenvalue weighted by atomic mass is 9.73. The average Bonchev–Trinajstić information content (AvgIpc) is 2.15. The van der Waals surface area contributed by atoms with Crippen molar-refractivity contribution in [3.63, 3.8) is 0 Å². The van der Waals surface area contributed by atoms with Crippen LogP contribution in [-0.4, -0.2) is 12.2 Å². The number of hydrogen-bond acceptors (Lipinski definition) is 2. The highest BCUT2D eigenvalue weighted by Crippen LogP contribution is 2.45. The molecule has 1 saturated carbocycles. The minimum atomic E-state index is -0.651. The van der Waals surface area contributed by atoms with Gasteiger partial charge in [0.2, 0.25) is 0 Å². The number of benzene rings is 1. The van der Waals surface area contributed by atoms with Gasteiger partial charge in [0.25, 0.3) is 0 Å². The Kier molecular flexibility index (Phi) is 2.65. The molecule has 2 rings (SSSR count). The Morgan fingerprint density at radius 3 is 2.53 bits per heavy atom. The largest absolute Gasteiger partial charge is 0.495 e. The average molecular weight is 227 g/mol. The molecule has 1 N–H and O–H groups in total. The van der Waals surface area contributed by atoms with E-state index in [4.69, 9.17) is 16.3 Å². The van der Waals surface area contributed by atoms with Crippen LogP contribution in [0.2, 0.25) is 5.02 Å². The Morgan fingerprint density at radius 1 is 1.40 bits per heavy atom. The predicted octanol–water partition coefficient (Wildman–Crippen LogP) is 3.03. The Bertz CT molecular complexity index is 383. The van der Waals surface area contributed by atoms with Crippen LogP contribution in [0.15, 0.2) is 12.1 Å². The van der Waals surface area contributed by atoms with Gasteiger partial charge in [-0.1, -0.05) is 17.7 Å². The molecule has 0 amide bonds. The van der Waals surface area contributed by atoms with E-state index in [0.29, 0.717) is 10.8 Å². The Hall–Kier alpha value is -0.730. The van der Waals surface area contributed by atoms with E-state index in [-0.39, 0.29) is 0 Å². The summed E-state index contributed by atoms with van der Waals surface area (Å²) >= 11 is 6.01. The molecule has 0 spiro atoms. The summed E-state index contributed by atoms with van der Waals surface area (Å²) in [6.07, 6.45) is 2.75. The molecule has 1 aliphatic rings. The molecule has 1 fully saturated rings. The van der Waals surface area contributed by atoms with Crippen LogP contribution in [0.4, 0.5) is 0 Å². The van der Waals surface area contributed by atoms with Gasteiger partial charge in [-0.25, -0.2) is 0 Å². The van der Waals surface area contributed by atoms with Gasteiger partial charge in [0.15, 0.2) is 0 Å². The molecule has 15 heavy (non-hydrogen) atoms. The van der Waals surface area contributed by atoms with Gasteiger partial charge >= 0.3 is 0 Å². The van der Waals surface area contributed by atoms with E-state index in [2.05, 4.69) is 0 Å². The lowest BCUT2D eigenvalue weighted by Crippen LogP contribution is -2.34.